The third-order valence-electron chi connectivity index (χ3n) is 3.29. The molecule has 2 heteroatoms. The van der Waals surface area contributed by atoms with Gasteiger partial charge >= 0.3 is 0 Å². The largest absolute Gasteiger partial charge is 0.290 e. The van der Waals surface area contributed by atoms with E-state index >= 15 is 0 Å². The molecule has 0 aliphatic heterocycles. The SMILES string of the molecule is CC(=Cc1ccccc1)C(=O)C(=O)CC(C)CC(C)(C)C. The zero-order valence-corrected chi connectivity index (χ0v) is 13.8. The van der Waals surface area contributed by atoms with Gasteiger partial charge in [-0.05, 0) is 36.3 Å². The number of ketones is 2. The minimum Gasteiger partial charge on any atom is -0.290 e. The second-order valence-electron chi connectivity index (χ2n) is 7.06. The van der Waals surface area contributed by atoms with Gasteiger partial charge in [-0.15, -0.1) is 0 Å². The topological polar surface area (TPSA) is 34.1 Å². The van der Waals surface area contributed by atoms with Crippen LogP contribution in [0.2, 0.25) is 0 Å². The van der Waals surface area contributed by atoms with Crippen LogP contribution in [0.1, 0.15) is 53.0 Å². The molecule has 21 heavy (non-hydrogen) atoms. The van der Waals surface area contributed by atoms with E-state index in [0.717, 1.165) is 12.0 Å². The first kappa shape index (κ1) is 17.4. The van der Waals surface area contributed by atoms with Gasteiger partial charge in [0.05, 0.1) is 0 Å². The molecule has 0 fully saturated rings. The van der Waals surface area contributed by atoms with Crippen molar-refractivity contribution in [3.8, 4) is 0 Å². The standard InChI is InChI=1S/C19H26O2/c1-14(13-19(3,4)5)11-17(20)18(21)15(2)12-16-9-7-6-8-10-16/h6-10,12,14H,11,13H2,1-5H3. The van der Waals surface area contributed by atoms with Crippen LogP contribution in [0.25, 0.3) is 6.08 Å². The highest BCUT2D eigenvalue weighted by Crippen LogP contribution is 2.26. The van der Waals surface area contributed by atoms with Gasteiger partial charge in [0.25, 0.3) is 0 Å². The lowest BCUT2D eigenvalue weighted by atomic mass is 9.83. The van der Waals surface area contributed by atoms with Crippen LogP contribution in [0.15, 0.2) is 35.9 Å². The Morgan fingerprint density at radius 2 is 1.71 bits per heavy atom. The second kappa shape index (κ2) is 7.35. The summed E-state index contributed by atoms with van der Waals surface area (Å²) < 4.78 is 0. The summed E-state index contributed by atoms with van der Waals surface area (Å²) in [5.41, 5.74) is 1.63. The first-order valence-corrected chi connectivity index (χ1v) is 7.50. The Morgan fingerprint density at radius 1 is 1.14 bits per heavy atom. The number of rotatable bonds is 6. The fourth-order valence-corrected chi connectivity index (χ4v) is 2.61. The predicted molar refractivity (Wildman–Crippen MR) is 88.0 cm³/mol. The van der Waals surface area contributed by atoms with Crippen LogP contribution in [0.4, 0.5) is 0 Å². The van der Waals surface area contributed by atoms with Crippen LogP contribution in [0, 0.1) is 11.3 Å². The molecule has 1 aromatic carbocycles. The zero-order chi connectivity index (χ0) is 16.0. The number of benzene rings is 1. The number of allylic oxidation sites excluding steroid dienone is 1. The highest BCUT2D eigenvalue weighted by molar-refractivity contribution is 6.44. The van der Waals surface area contributed by atoms with Crippen molar-refractivity contribution in [3.05, 3.63) is 41.5 Å². The zero-order valence-electron chi connectivity index (χ0n) is 13.8. The molecule has 0 N–H and O–H groups in total. The fourth-order valence-electron chi connectivity index (χ4n) is 2.61. The Morgan fingerprint density at radius 3 is 2.24 bits per heavy atom. The molecule has 0 heterocycles. The normalized spacial score (nSPS) is 13.9. The summed E-state index contributed by atoms with van der Waals surface area (Å²) in [6.45, 7) is 10.2. The van der Waals surface area contributed by atoms with Crippen LogP contribution in [-0.4, -0.2) is 11.6 Å². The molecule has 1 atom stereocenters. The first-order valence-electron chi connectivity index (χ1n) is 7.50. The Labute approximate surface area is 128 Å². The van der Waals surface area contributed by atoms with Gasteiger partial charge in [0.2, 0.25) is 11.6 Å². The quantitative estimate of drug-likeness (QED) is 0.561. The van der Waals surface area contributed by atoms with Gasteiger partial charge < -0.3 is 0 Å². The van der Waals surface area contributed by atoms with Gasteiger partial charge in [-0.3, -0.25) is 9.59 Å². The molecule has 0 amide bonds. The third kappa shape index (κ3) is 6.52. The maximum Gasteiger partial charge on any atom is 0.224 e. The van der Waals surface area contributed by atoms with Crippen molar-refractivity contribution >= 4 is 17.6 Å². The van der Waals surface area contributed by atoms with Crippen LogP contribution in [-0.2, 0) is 9.59 Å². The average molecular weight is 286 g/mol. The van der Waals surface area contributed by atoms with Crippen molar-refractivity contribution < 1.29 is 9.59 Å². The summed E-state index contributed by atoms with van der Waals surface area (Å²) in [6, 6.07) is 9.59. The van der Waals surface area contributed by atoms with Crippen LogP contribution >= 0.6 is 0 Å². The Kier molecular flexibility index (Phi) is 6.07. The molecule has 1 aromatic rings. The lowest BCUT2D eigenvalue weighted by molar-refractivity contribution is -0.134. The first-order chi connectivity index (χ1) is 9.69. The Bertz CT molecular complexity index is 518. The van der Waals surface area contributed by atoms with E-state index in [1.165, 1.54) is 0 Å². The van der Waals surface area contributed by atoms with Gasteiger partial charge in [0.15, 0.2) is 0 Å². The molecule has 114 valence electrons. The van der Waals surface area contributed by atoms with Crippen molar-refractivity contribution in [1.29, 1.82) is 0 Å². The molecule has 2 nitrogen and oxygen atoms in total. The van der Waals surface area contributed by atoms with Crippen molar-refractivity contribution in [2.75, 3.05) is 0 Å². The van der Waals surface area contributed by atoms with E-state index < -0.39 is 0 Å². The van der Waals surface area contributed by atoms with E-state index in [9.17, 15) is 9.59 Å². The van der Waals surface area contributed by atoms with Gasteiger partial charge in [-0.1, -0.05) is 58.0 Å². The fraction of sp³-hybridized carbons (Fsp3) is 0.474. The van der Waals surface area contributed by atoms with Crippen LogP contribution in [0.3, 0.4) is 0 Å². The molecule has 0 saturated heterocycles. The van der Waals surface area contributed by atoms with E-state index in [2.05, 4.69) is 20.8 Å². The molecule has 0 aliphatic rings. The lowest BCUT2D eigenvalue weighted by Crippen LogP contribution is -2.20. The average Bonchev–Trinajstić information content (AvgIpc) is 2.36. The van der Waals surface area contributed by atoms with Crippen LogP contribution in [0.5, 0.6) is 0 Å². The smallest absolute Gasteiger partial charge is 0.224 e. The molecule has 0 saturated carbocycles. The van der Waals surface area contributed by atoms with E-state index in [1.54, 1.807) is 13.0 Å². The molecule has 0 radical (unpaired) electrons. The molecule has 1 rings (SSSR count). The minimum absolute atomic E-state index is 0.178. The molecule has 0 aromatic heterocycles. The van der Waals surface area contributed by atoms with E-state index in [-0.39, 0.29) is 22.9 Å². The number of hydrogen-bond acceptors (Lipinski definition) is 2. The predicted octanol–water partition coefficient (Wildman–Crippen LogP) is 4.69. The summed E-state index contributed by atoms with van der Waals surface area (Å²) in [4.78, 5) is 24.2. The number of Topliss-reactive ketones (excluding diaryl/α,β-unsaturated/α-hetero) is 2. The maximum absolute atomic E-state index is 12.1. The summed E-state index contributed by atoms with van der Waals surface area (Å²) in [7, 11) is 0. The van der Waals surface area contributed by atoms with Gasteiger partial charge in [-0.2, -0.15) is 0 Å². The van der Waals surface area contributed by atoms with E-state index in [1.807, 2.05) is 37.3 Å². The van der Waals surface area contributed by atoms with Crippen molar-refractivity contribution in [3.63, 3.8) is 0 Å². The molecule has 1 unspecified atom stereocenters. The Hall–Kier alpha value is -1.70. The minimum atomic E-state index is -0.361. The van der Waals surface area contributed by atoms with Crippen molar-refractivity contribution in [2.45, 2.75) is 47.5 Å². The lowest BCUT2D eigenvalue weighted by Gasteiger charge is -2.22. The Balaban J connectivity index is 2.66. The summed E-state index contributed by atoms with van der Waals surface area (Å²) in [5.74, 6) is -0.415. The highest BCUT2D eigenvalue weighted by atomic mass is 16.2. The summed E-state index contributed by atoms with van der Waals surface area (Å²) in [6.07, 6.45) is 3.04. The van der Waals surface area contributed by atoms with Crippen molar-refractivity contribution in [1.82, 2.24) is 0 Å². The maximum atomic E-state index is 12.1. The molecule has 0 bridgehead atoms. The monoisotopic (exact) mass is 286 g/mol. The molecular weight excluding hydrogens is 260 g/mol. The highest BCUT2D eigenvalue weighted by Gasteiger charge is 2.22. The van der Waals surface area contributed by atoms with E-state index in [4.69, 9.17) is 0 Å². The van der Waals surface area contributed by atoms with Gasteiger partial charge in [0, 0.05) is 12.0 Å². The second-order valence-corrected chi connectivity index (χ2v) is 7.06. The number of carbonyl (C=O) groups excluding carboxylic acids is 2. The van der Waals surface area contributed by atoms with Gasteiger partial charge in [-0.25, -0.2) is 0 Å². The summed E-state index contributed by atoms with van der Waals surface area (Å²) >= 11 is 0. The van der Waals surface area contributed by atoms with Crippen LogP contribution < -0.4 is 0 Å². The molecule has 0 aliphatic carbocycles. The third-order valence-corrected chi connectivity index (χ3v) is 3.29. The van der Waals surface area contributed by atoms with E-state index in [0.29, 0.717) is 12.0 Å². The summed E-state index contributed by atoms with van der Waals surface area (Å²) in [5, 5.41) is 0. The molecular formula is C19H26O2. The molecule has 0 spiro atoms. The van der Waals surface area contributed by atoms with Crippen molar-refractivity contribution in [2.24, 2.45) is 11.3 Å². The number of hydrogen-bond donors (Lipinski definition) is 0. The number of carbonyl (C=O) groups is 2. The van der Waals surface area contributed by atoms with Gasteiger partial charge in [0.1, 0.15) is 0 Å².